The van der Waals surface area contributed by atoms with Crippen LogP contribution in [-0.2, 0) is 10.5 Å². The van der Waals surface area contributed by atoms with Crippen LogP contribution in [0, 0.1) is 0 Å². The number of thiophene rings is 1. The molecule has 0 saturated carbocycles. The standard InChI is InChI=1S/C12H14BrN3O3S2/c1-12(2,9(14)11(17)18)20-5-8-15-16-10(19-8)6-3-4-7(13)21-6/h3-4,9H,5,14H2,1-2H3,(H,17,18)/t9-/m1/s1. The summed E-state index contributed by atoms with van der Waals surface area (Å²) in [5, 5.41) is 16.9. The summed E-state index contributed by atoms with van der Waals surface area (Å²) in [6.45, 7) is 3.56. The molecule has 2 heterocycles. The first-order valence-electron chi connectivity index (χ1n) is 6.00. The molecule has 2 rings (SSSR count). The Morgan fingerprint density at radius 2 is 2.29 bits per heavy atom. The van der Waals surface area contributed by atoms with Crippen LogP contribution in [0.5, 0.6) is 0 Å². The zero-order chi connectivity index (χ0) is 15.6. The van der Waals surface area contributed by atoms with Gasteiger partial charge in [-0.1, -0.05) is 0 Å². The van der Waals surface area contributed by atoms with Crippen molar-refractivity contribution < 1.29 is 14.3 Å². The maximum absolute atomic E-state index is 11.0. The van der Waals surface area contributed by atoms with Crippen LogP contribution in [0.2, 0.25) is 0 Å². The Hall–Kier alpha value is -0.900. The van der Waals surface area contributed by atoms with Crippen LogP contribution in [-0.4, -0.2) is 32.1 Å². The van der Waals surface area contributed by atoms with Crippen molar-refractivity contribution in [3.63, 3.8) is 0 Å². The first-order chi connectivity index (χ1) is 9.79. The predicted molar refractivity (Wildman–Crippen MR) is 86.3 cm³/mol. The number of aromatic nitrogens is 2. The summed E-state index contributed by atoms with van der Waals surface area (Å²) in [6, 6.07) is 2.84. The summed E-state index contributed by atoms with van der Waals surface area (Å²) in [4.78, 5) is 11.8. The van der Waals surface area contributed by atoms with Crippen molar-refractivity contribution in [3.8, 4) is 10.8 Å². The minimum absolute atomic E-state index is 0.410. The Balaban J connectivity index is 2.02. The number of nitrogens with two attached hydrogens (primary N) is 1. The fourth-order valence-electron chi connectivity index (χ4n) is 1.48. The van der Waals surface area contributed by atoms with Crippen LogP contribution in [0.25, 0.3) is 10.8 Å². The van der Waals surface area contributed by atoms with Gasteiger partial charge in [0.2, 0.25) is 5.89 Å². The molecule has 0 saturated heterocycles. The molecule has 0 aliphatic heterocycles. The molecule has 0 aliphatic carbocycles. The lowest BCUT2D eigenvalue weighted by Crippen LogP contribution is -2.46. The molecule has 0 aromatic carbocycles. The first kappa shape index (κ1) is 16.5. The van der Waals surface area contributed by atoms with E-state index in [-0.39, 0.29) is 0 Å². The molecule has 0 amide bonds. The fourth-order valence-corrected chi connectivity index (χ4v) is 3.68. The minimum Gasteiger partial charge on any atom is -0.480 e. The molecule has 2 aromatic heterocycles. The van der Waals surface area contributed by atoms with E-state index in [9.17, 15) is 4.79 Å². The molecular weight excluding hydrogens is 378 g/mol. The number of nitrogens with zero attached hydrogens (tertiary/aromatic N) is 2. The van der Waals surface area contributed by atoms with E-state index in [1.54, 1.807) is 13.8 Å². The van der Waals surface area contributed by atoms with Gasteiger partial charge in [0.05, 0.1) is 14.4 Å². The molecule has 0 bridgehead atoms. The molecule has 3 N–H and O–H groups in total. The second-order valence-corrected chi connectivity index (χ2v) is 8.91. The highest BCUT2D eigenvalue weighted by atomic mass is 79.9. The average Bonchev–Trinajstić information content (AvgIpc) is 3.04. The third kappa shape index (κ3) is 4.06. The number of thioether (sulfide) groups is 1. The molecular formula is C12H14BrN3O3S2. The largest absolute Gasteiger partial charge is 0.480 e. The topological polar surface area (TPSA) is 102 Å². The van der Waals surface area contributed by atoms with Crippen molar-refractivity contribution >= 4 is 45.0 Å². The van der Waals surface area contributed by atoms with E-state index in [0.717, 1.165) is 8.66 Å². The second kappa shape index (κ2) is 6.47. The summed E-state index contributed by atoms with van der Waals surface area (Å²) in [5.74, 6) is 0.294. The summed E-state index contributed by atoms with van der Waals surface area (Å²) < 4.78 is 5.93. The summed E-state index contributed by atoms with van der Waals surface area (Å²) >= 11 is 6.25. The Bertz CT molecular complexity index is 641. The van der Waals surface area contributed by atoms with Crippen LogP contribution in [0.3, 0.4) is 0 Å². The lowest BCUT2D eigenvalue weighted by molar-refractivity contribution is -0.139. The molecule has 0 aliphatic rings. The molecule has 0 radical (unpaired) electrons. The van der Waals surface area contributed by atoms with Crippen molar-refractivity contribution in [2.75, 3.05) is 0 Å². The summed E-state index contributed by atoms with van der Waals surface area (Å²) in [5.41, 5.74) is 5.67. The third-order valence-electron chi connectivity index (χ3n) is 2.83. The molecule has 0 spiro atoms. The van der Waals surface area contributed by atoms with Gasteiger partial charge in [0.25, 0.3) is 5.89 Å². The smallest absolute Gasteiger partial charge is 0.321 e. The second-order valence-electron chi connectivity index (χ2n) is 4.81. The Kier molecular flexibility index (Phi) is 5.07. The van der Waals surface area contributed by atoms with Gasteiger partial charge in [-0.2, -0.15) is 0 Å². The Morgan fingerprint density at radius 1 is 1.57 bits per heavy atom. The number of hydrogen-bond acceptors (Lipinski definition) is 7. The van der Waals surface area contributed by atoms with Gasteiger partial charge in [0.1, 0.15) is 6.04 Å². The number of halogens is 1. The first-order valence-corrected chi connectivity index (χ1v) is 8.59. The molecule has 0 fully saturated rings. The van der Waals surface area contributed by atoms with Crippen molar-refractivity contribution in [3.05, 3.63) is 21.8 Å². The summed E-state index contributed by atoms with van der Waals surface area (Å²) in [6.07, 6.45) is 0. The number of carboxylic acids is 1. The van der Waals surface area contributed by atoms with Gasteiger partial charge in [-0.3, -0.25) is 4.79 Å². The predicted octanol–water partition coefficient (Wildman–Crippen LogP) is 2.98. The summed E-state index contributed by atoms with van der Waals surface area (Å²) in [7, 11) is 0. The lowest BCUT2D eigenvalue weighted by Gasteiger charge is -2.27. The SMILES string of the molecule is CC(C)(SCc1nnc(-c2ccc(Br)s2)o1)[C@H](N)C(=O)O. The highest BCUT2D eigenvalue weighted by Crippen LogP contribution is 2.33. The van der Waals surface area contributed by atoms with Gasteiger partial charge < -0.3 is 15.3 Å². The van der Waals surface area contributed by atoms with Gasteiger partial charge in [-0.25, -0.2) is 0 Å². The Morgan fingerprint density at radius 3 is 2.86 bits per heavy atom. The molecule has 2 aromatic rings. The van der Waals surface area contributed by atoms with Crippen molar-refractivity contribution in [2.24, 2.45) is 5.73 Å². The minimum atomic E-state index is -1.03. The van der Waals surface area contributed by atoms with E-state index in [1.165, 1.54) is 23.1 Å². The van der Waals surface area contributed by atoms with E-state index < -0.39 is 16.8 Å². The van der Waals surface area contributed by atoms with Gasteiger partial charge in [0.15, 0.2) is 0 Å². The molecule has 9 heteroatoms. The lowest BCUT2D eigenvalue weighted by atomic mass is 10.1. The van der Waals surface area contributed by atoms with E-state index in [0.29, 0.717) is 17.5 Å². The maximum Gasteiger partial charge on any atom is 0.321 e. The van der Waals surface area contributed by atoms with Crippen molar-refractivity contribution in [1.82, 2.24) is 10.2 Å². The normalized spacial score (nSPS) is 13.3. The van der Waals surface area contributed by atoms with Gasteiger partial charge in [-0.05, 0) is 41.9 Å². The number of carbonyl (C=O) groups is 1. The van der Waals surface area contributed by atoms with Crippen LogP contribution >= 0.6 is 39.0 Å². The van der Waals surface area contributed by atoms with E-state index >= 15 is 0 Å². The van der Waals surface area contributed by atoms with Crippen LogP contribution in [0.15, 0.2) is 20.3 Å². The highest BCUT2D eigenvalue weighted by molar-refractivity contribution is 9.11. The van der Waals surface area contributed by atoms with E-state index in [1.807, 2.05) is 12.1 Å². The van der Waals surface area contributed by atoms with E-state index in [2.05, 4.69) is 26.1 Å². The Labute approximate surface area is 138 Å². The van der Waals surface area contributed by atoms with Crippen LogP contribution in [0.1, 0.15) is 19.7 Å². The van der Waals surface area contributed by atoms with Crippen molar-refractivity contribution in [2.45, 2.75) is 30.4 Å². The number of carboxylic acid groups (broad SMARTS) is 1. The monoisotopic (exact) mass is 391 g/mol. The number of aliphatic carboxylic acids is 1. The molecule has 114 valence electrons. The zero-order valence-electron chi connectivity index (χ0n) is 11.4. The number of rotatable bonds is 6. The van der Waals surface area contributed by atoms with Crippen LogP contribution < -0.4 is 5.73 Å². The quantitative estimate of drug-likeness (QED) is 0.779. The van der Waals surface area contributed by atoms with Crippen molar-refractivity contribution in [1.29, 1.82) is 0 Å². The molecule has 21 heavy (non-hydrogen) atoms. The average molecular weight is 392 g/mol. The third-order valence-corrected chi connectivity index (χ3v) is 5.83. The van der Waals surface area contributed by atoms with E-state index in [4.69, 9.17) is 15.3 Å². The highest BCUT2D eigenvalue weighted by Gasteiger charge is 2.33. The van der Waals surface area contributed by atoms with Crippen LogP contribution in [0.4, 0.5) is 0 Å². The fraction of sp³-hybridized carbons (Fsp3) is 0.417. The molecule has 0 unspecified atom stereocenters. The molecule has 1 atom stereocenters. The maximum atomic E-state index is 11.0. The van der Waals surface area contributed by atoms with Gasteiger partial charge in [-0.15, -0.1) is 33.3 Å². The zero-order valence-corrected chi connectivity index (χ0v) is 14.6. The van der Waals surface area contributed by atoms with Gasteiger partial charge >= 0.3 is 5.97 Å². The molecule has 6 nitrogen and oxygen atoms in total. The van der Waals surface area contributed by atoms with Gasteiger partial charge in [0, 0.05) is 4.75 Å². The number of hydrogen-bond donors (Lipinski definition) is 2.